The normalized spacial score (nSPS) is 10.6. The molecule has 0 spiro atoms. The van der Waals surface area contributed by atoms with E-state index in [0.717, 1.165) is 24.1 Å². The fraction of sp³-hybridized carbons (Fsp3) is 0.412. The van der Waals surface area contributed by atoms with Crippen molar-refractivity contribution in [1.82, 2.24) is 9.55 Å². The maximum Gasteiger partial charge on any atom is 0.419 e. The molecule has 0 bridgehead atoms. The molecule has 0 fully saturated rings. The molecule has 1 heterocycles. The Bertz CT molecular complexity index is 682. The lowest BCUT2D eigenvalue weighted by molar-refractivity contribution is 0.171. The number of methoxy groups -OCH3 is 1. The van der Waals surface area contributed by atoms with Gasteiger partial charge in [0.05, 0.1) is 19.3 Å². The summed E-state index contributed by atoms with van der Waals surface area (Å²) >= 11 is 6.25. The molecular weight excluding hydrogens is 314 g/mol. The summed E-state index contributed by atoms with van der Waals surface area (Å²) in [5.41, 5.74) is 2.74. The molecule has 124 valence electrons. The number of hydrogen-bond donors (Lipinski definition) is 1. The molecule has 2 aromatic rings. The van der Waals surface area contributed by atoms with Gasteiger partial charge in [0.1, 0.15) is 5.82 Å². The second-order valence-corrected chi connectivity index (χ2v) is 5.76. The Hall–Kier alpha value is -2.01. The van der Waals surface area contributed by atoms with E-state index in [0.29, 0.717) is 29.6 Å². The minimum atomic E-state index is -0.462. The van der Waals surface area contributed by atoms with Crippen LogP contribution in [0.25, 0.3) is 0 Å². The lowest BCUT2D eigenvalue weighted by Crippen LogP contribution is -2.19. The number of aromatic nitrogens is 2. The van der Waals surface area contributed by atoms with Crippen LogP contribution in [0.1, 0.15) is 36.8 Å². The van der Waals surface area contributed by atoms with E-state index in [1.807, 2.05) is 31.2 Å². The molecule has 2 rings (SSSR count). The Labute approximate surface area is 141 Å². The van der Waals surface area contributed by atoms with Crippen LogP contribution in [-0.4, -0.2) is 22.8 Å². The van der Waals surface area contributed by atoms with Gasteiger partial charge in [-0.15, -0.1) is 0 Å². The second-order valence-electron chi connectivity index (χ2n) is 5.40. The van der Waals surface area contributed by atoms with Gasteiger partial charge in [-0.2, -0.15) is 0 Å². The summed E-state index contributed by atoms with van der Waals surface area (Å²) in [6, 6.07) is 8.01. The molecule has 0 saturated carbocycles. The Morgan fingerprint density at radius 1 is 1.43 bits per heavy atom. The van der Waals surface area contributed by atoms with Crippen LogP contribution in [-0.2, 0) is 17.7 Å². The van der Waals surface area contributed by atoms with Crippen molar-refractivity contribution >= 4 is 23.4 Å². The maximum atomic E-state index is 12.1. The first-order valence-corrected chi connectivity index (χ1v) is 8.09. The van der Waals surface area contributed by atoms with E-state index in [4.69, 9.17) is 16.3 Å². The van der Waals surface area contributed by atoms with Gasteiger partial charge in [-0.1, -0.05) is 37.1 Å². The highest BCUT2D eigenvalue weighted by Gasteiger charge is 2.21. The van der Waals surface area contributed by atoms with Crippen molar-refractivity contribution in [3.05, 3.63) is 46.5 Å². The van der Waals surface area contributed by atoms with E-state index in [1.54, 1.807) is 0 Å². The molecule has 0 saturated heterocycles. The molecule has 1 aromatic heterocycles. The minimum Gasteiger partial charge on any atom is -0.452 e. The maximum absolute atomic E-state index is 12.1. The van der Waals surface area contributed by atoms with Gasteiger partial charge < -0.3 is 10.1 Å². The van der Waals surface area contributed by atoms with Crippen molar-refractivity contribution in [3.63, 3.8) is 0 Å². The third kappa shape index (κ3) is 4.26. The van der Waals surface area contributed by atoms with Gasteiger partial charge in [0.2, 0.25) is 0 Å². The Morgan fingerprint density at radius 2 is 2.22 bits per heavy atom. The van der Waals surface area contributed by atoms with Gasteiger partial charge in [0.25, 0.3) is 0 Å². The molecule has 0 aliphatic heterocycles. The van der Waals surface area contributed by atoms with Crippen LogP contribution in [0, 0.1) is 6.92 Å². The topological polar surface area (TPSA) is 56.2 Å². The number of rotatable bonds is 6. The fourth-order valence-corrected chi connectivity index (χ4v) is 2.63. The summed E-state index contributed by atoms with van der Waals surface area (Å²) in [6.45, 7) is 4.52. The average molecular weight is 336 g/mol. The molecule has 1 aromatic carbocycles. The summed E-state index contributed by atoms with van der Waals surface area (Å²) in [5, 5.41) is 3.61. The van der Waals surface area contributed by atoms with Crippen molar-refractivity contribution in [2.24, 2.45) is 0 Å². The third-order valence-electron chi connectivity index (χ3n) is 3.58. The molecule has 0 amide bonds. The standard InChI is InChI=1S/C17H22ClN3O2/c1-4-5-9-15-20-16(18)14(21(15)17(22)23-3)11-19-13-8-6-7-12(2)10-13/h6-8,10,19H,4-5,9,11H2,1-3H3. The fourth-order valence-electron chi connectivity index (χ4n) is 2.38. The number of carbonyl (C=O) groups is 1. The average Bonchev–Trinajstić information content (AvgIpc) is 2.86. The number of nitrogens with zero attached hydrogens (tertiary/aromatic N) is 2. The number of ether oxygens (including phenoxy) is 1. The lowest BCUT2D eigenvalue weighted by atomic mass is 10.2. The molecule has 0 aliphatic rings. The summed E-state index contributed by atoms with van der Waals surface area (Å²) < 4.78 is 6.35. The summed E-state index contributed by atoms with van der Waals surface area (Å²) in [4.78, 5) is 16.4. The minimum absolute atomic E-state index is 0.335. The van der Waals surface area contributed by atoms with E-state index < -0.39 is 6.09 Å². The first-order valence-electron chi connectivity index (χ1n) is 7.71. The van der Waals surface area contributed by atoms with Gasteiger partial charge in [0, 0.05) is 12.1 Å². The molecule has 0 unspecified atom stereocenters. The first kappa shape index (κ1) is 17.3. The number of hydrogen-bond acceptors (Lipinski definition) is 4. The monoisotopic (exact) mass is 335 g/mol. The number of carbonyl (C=O) groups excluding carboxylic acids is 1. The van der Waals surface area contributed by atoms with Crippen LogP contribution in [0.5, 0.6) is 0 Å². The van der Waals surface area contributed by atoms with E-state index in [9.17, 15) is 4.79 Å². The number of imidazole rings is 1. The van der Waals surface area contributed by atoms with Gasteiger partial charge in [-0.3, -0.25) is 0 Å². The van der Waals surface area contributed by atoms with Crippen LogP contribution < -0.4 is 5.32 Å². The molecule has 1 N–H and O–H groups in total. The molecule has 5 nitrogen and oxygen atoms in total. The summed E-state index contributed by atoms with van der Waals surface area (Å²) in [7, 11) is 1.36. The van der Waals surface area contributed by atoms with Gasteiger partial charge in [0.15, 0.2) is 5.15 Å². The quantitative estimate of drug-likeness (QED) is 0.849. The zero-order valence-electron chi connectivity index (χ0n) is 13.7. The SMILES string of the molecule is CCCCc1nc(Cl)c(CNc2cccc(C)c2)n1C(=O)OC. The number of halogens is 1. The number of unbranched alkanes of at least 4 members (excludes halogenated alkanes) is 1. The van der Waals surface area contributed by atoms with Crippen LogP contribution in [0.2, 0.25) is 5.15 Å². The smallest absolute Gasteiger partial charge is 0.419 e. The van der Waals surface area contributed by atoms with Crippen molar-refractivity contribution in [1.29, 1.82) is 0 Å². The number of benzene rings is 1. The first-order chi connectivity index (χ1) is 11.1. The van der Waals surface area contributed by atoms with E-state index in [1.165, 1.54) is 11.7 Å². The van der Waals surface area contributed by atoms with Gasteiger partial charge in [-0.05, 0) is 31.0 Å². The van der Waals surface area contributed by atoms with Crippen molar-refractivity contribution in [3.8, 4) is 0 Å². The Balaban J connectivity index is 2.25. The molecule has 0 atom stereocenters. The van der Waals surface area contributed by atoms with Crippen LogP contribution in [0.15, 0.2) is 24.3 Å². The number of nitrogens with one attached hydrogen (secondary N) is 1. The summed E-state index contributed by atoms with van der Waals surface area (Å²) in [5.74, 6) is 0.643. The van der Waals surface area contributed by atoms with Crippen LogP contribution >= 0.6 is 11.6 Å². The lowest BCUT2D eigenvalue weighted by Gasteiger charge is -2.11. The third-order valence-corrected chi connectivity index (χ3v) is 3.89. The van der Waals surface area contributed by atoms with E-state index in [-0.39, 0.29) is 0 Å². The van der Waals surface area contributed by atoms with Crippen molar-refractivity contribution < 1.29 is 9.53 Å². The predicted molar refractivity (Wildman–Crippen MR) is 92.2 cm³/mol. The predicted octanol–water partition coefficient (Wildman–Crippen LogP) is 4.41. The highest BCUT2D eigenvalue weighted by atomic mass is 35.5. The van der Waals surface area contributed by atoms with Crippen molar-refractivity contribution in [2.75, 3.05) is 12.4 Å². The van der Waals surface area contributed by atoms with E-state index >= 15 is 0 Å². The van der Waals surface area contributed by atoms with Crippen LogP contribution in [0.3, 0.4) is 0 Å². The largest absolute Gasteiger partial charge is 0.452 e. The van der Waals surface area contributed by atoms with Crippen LogP contribution in [0.4, 0.5) is 10.5 Å². The highest BCUT2D eigenvalue weighted by molar-refractivity contribution is 6.30. The van der Waals surface area contributed by atoms with E-state index in [2.05, 4.69) is 17.2 Å². The number of aryl methyl sites for hydroxylation is 2. The second kappa shape index (κ2) is 8.02. The Morgan fingerprint density at radius 3 is 2.87 bits per heavy atom. The zero-order chi connectivity index (χ0) is 16.8. The van der Waals surface area contributed by atoms with Crippen molar-refractivity contribution in [2.45, 2.75) is 39.7 Å². The Kier molecular flexibility index (Phi) is 6.04. The molecule has 6 heteroatoms. The molecular formula is C17H22ClN3O2. The summed E-state index contributed by atoms with van der Waals surface area (Å²) in [6.07, 6.45) is 2.18. The molecule has 0 radical (unpaired) electrons. The molecule has 0 aliphatic carbocycles. The zero-order valence-corrected chi connectivity index (χ0v) is 14.5. The number of anilines is 1. The molecule has 23 heavy (non-hydrogen) atoms. The van der Waals surface area contributed by atoms with Gasteiger partial charge >= 0.3 is 6.09 Å². The highest BCUT2D eigenvalue weighted by Crippen LogP contribution is 2.21. The van der Waals surface area contributed by atoms with Gasteiger partial charge in [-0.25, -0.2) is 14.3 Å².